The Bertz CT molecular complexity index is 141. The third-order valence-corrected chi connectivity index (χ3v) is 1.11. The zero-order valence-corrected chi connectivity index (χ0v) is 7.55. The molecule has 1 atom stereocenters. The predicted octanol–water partition coefficient (Wildman–Crippen LogP) is 1.15. The van der Waals surface area contributed by atoms with Gasteiger partial charge >= 0.3 is 0 Å². The molecule has 0 saturated carbocycles. The molecule has 0 aliphatic carbocycles. The maximum atomic E-state index is 5.62. The Morgan fingerprint density at radius 3 is 2.45 bits per heavy atom. The van der Waals surface area contributed by atoms with Crippen molar-refractivity contribution in [1.82, 2.24) is 0 Å². The van der Waals surface area contributed by atoms with Gasteiger partial charge in [-0.2, -0.15) is 0 Å². The van der Waals surface area contributed by atoms with Crippen LogP contribution in [0, 0.1) is 12.3 Å². The largest absolute Gasteiger partial charge is 0.374 e. The molecule has 0 aromatic heterocycles. The highest BCUT2D eigenvalue weighted by Crippen LogP contribution is 2.06. The molecule has 0 fully saturated rings. The van der Waals surface area contributed by atoms with Crippen molar-refractivity contribution in [2.45, 2.75) is 38.8 Å². The van der Waals surface area contributed by atoms with Gasteiger partial charge in [0, 0.05) is 12.5 Å². The van der Waals surface area contributed by atoms with Gasteiger partial charge in [-0.05, 0) is 20.8 Å². The van der Waals surface area contributed by atoms with Crippen molar-refractivity contribution in [3.05, 3.63) is 0 Å². The first-order valence-corrected chi connectivity index (χ1v) is 3.78. The normalized spacial score (nSPS) is 14.1. The van der Waals surface area contributed by atoms with Gasteiger partial charge in [0.25, 0.3) is 0 Å². The van der Waals surface area contributed by atoms with Crippen LogP contribution in [0.2, 0.25) is 0 Å². The maximum Gasteiger partial charge on any atom is 0.0633 e. The molecule has 64 valence electrons. The van der Waals surface area contributed by atoms with Crippen molar-refractivity contribution in [3.63, 3.8) is 0 Å². The zero-order valence-electron chi connectivity index (χ0n) is 7.55. The standard InChI is InChI=1S/C9H17NO/c1-5-6-8(10)7-11-9(2,3)4/h1,8H,6-7,10H2,2-4H3. The highest BCUT2D eigenvalue weighted by molar-refractivity contribution is 4.88. The summed E-state index contributed by atoms with van der Waals surface area (Å²) in [6, 6.07) is -0.0285. The molecule has 2 N–H and O–H groups in total. The molecule has 0 heterocycles. The monoisotopic (exact) mass is 155 g/mol. The lowest BCUT2D eigenvalue weighted by Crippen LogP contribution is -2.31. The summed E-state index contributed by atoms with van der Waals surface area (Å²) < 4.78 is 5.42. The lowest BCUT2D eigenvalue weighted by molar-refractivity contribution is -0.00934. The molecule has 0 bridgehead atoms. The molecule has 0 amide bonds. The Labute approximate surface area is 69.1 Å². The Hall–Kier alpha value is -0.520. The smallest absolute Gasteiger partial charge is 0.0633 e. The number of hydrogen-bond acceptors (Lipinski definition) is 2. The second kappa shape index (κ2) is 4.38. The summed E-state index contributed by atoms with van der Waals surface area (Å²) in [5, 5.41) is 0. The maximum absolute atomic E-state index is 5.62. The van der Waals surface area contributed by atoms with Gasteiger partial charge in [-0.3, -0.25) is 0 Å². The summed E-state index contributed by atoms with van der Waals surface area (Å²) in [5.41, 5.74) is 5.51. The van der Waals surface area contributed by atoms with Gasteiger partial charge in [-0.15, -0.1) is 12.3 Å². The van der Waals surface area contributed by atoms with E-state index in [2.05, 4.69) is 5.92 Å². The number of terminal acetylenes is 1. The van der Waals surface area contributed by atoms with Crippen LogP contribution in [0.25, 0.3) is 0 Å². The Kier molecular flexibility index (Phi) is 4.17. The SMILES string of the molecule is C#CCC(N)COC(C)(C)C. The topological polar surface area (TPSA) is 35.2 Å². The predicted molar refractivity (Wildman–Crippen MR) is 47.1 cm³/mol. The molecule has 0 aliphatic rings. The van der Waals surface area contributed by atoms with Crippen molar-refractivity contribution >= 4 is 0 Å². The van der Waals surface area contributed by atoms with Crippen LogP contribution in [-0.2, 0) is 4.74 Å². The molecular weight excluding hydrogens is 138 g/mol. The Morgan fingerprint density at radius 1 is 1.55 bits per heavy atom. The minimum absolute atomic E-state index is 0.0285. The van der Waals surface area contributed by atoms with Crippen molar-refractivity contribution in [3.8, 4) is 12.3 Å². The second-order valence-corrected chi connectivity index (χ2v) is 3.59. The Morgan fingerprint density at radius 2 is 2.09 bits per heavy atom. The van der Waals surface area contributed by atoms with Gasteiger partial charge in [0.1, 0.15) is 0 Å². The molecule has 11 heavy (non-hydrogen) atoms. The zero-order chi connectivity index (χ0) is 8.91. The lowest BCUT2D eigenvalue weighted by atomic mass is 10.2. The fourth-order valence-electron chi connectivity index (χ4n) is 0.567. The van der Waals surface area contributed by atoms with Crippen LogP contribution in [0.1, 0.15) is 27.2 Å². The molecule has 0 rings (SSSR count). The first kappa shape index (κ1) is 10.5. The van der Waals surface area contributed by atoms with E-state index in [1.165, 1.54) is 0 Å². The van der Waals surface area contributed by atoms with E-state index >= 15 is 0 Å². The summed E-state index contributed by atoms with van der Waals surface area (Å²) in [4.78, 5) is 0. The average Bonchev–Trinajstić information content (AvgIpc) is 1.83. The molecule has 2 nitrogen and oxygen atoms in total. The van der Waals surface area contributed by atoms with E-state index in [1.807, 2.05) is 20.8 Å². The molecule has 1 unspecified atom stereocenters. The molecular formula is C9H17NO. The minimum Gasteiger partial charge on any atom is -0.374 e. The van der Waals surface area contributed by atoms with Gasteiger partial charge < -0.3 is 10.5 Å². The lowest BCUT2D eigenvalue weighted by Gasteiger charge is -2.21. The minimum atomic E-state index is -0.119. The molecule has 0 saturated heterocycles. The summed E-state index contributed by atoms with van der Waals surface area (Å²) in [6.45, 7) is 6.52. The molecule has 0 radical (unpaired) electrons. The number of rotatable bonds is 3. The van der Waals surface area contributed by atoms with Gasteiger partial charge in [0.2, 0.25) is 0 Å². The van der Waals surface area contributed by atoms with Crippen LogP contribution >= 0.6 is 0 Å². The molecule has 0 aromatic rings. The van der Waals surface area contributed by atoms with Crippen molar-refractivity contribution < 1.29 is 4.74 Å². The third-order valence-electron chi connectivity index (χ3n) is 1.11. The van der Waals surface area contributed by atoms with Crippen LogP contribution in [0.5, 0.6) is 0 Å². The van der Waals surface area contributed by atoms with Gasteiger partial charge in [0.05, 0.1) is 12.2 Å². The second-order valence-electron chi connectivity index (χ2n) is 3.59. The number of hydrogen-bond donors (Lipinski definition) is 1. The summed E-state index contributed by atoms with van der Waals surface area (Å²) in [6.07, 6.45) is 5.66. The van der Waals surface area contributed by atoms with Crippen LogP contribution in [-0.4, -0.2) is 18.2 Å². The van der Waals surface area contributed by atoms with E-state index in [1.54, 1.807) is 0 Å². The summed E-state index contributed by atoms with van der Waals surface area (Å²) in [7, 11) is 0. The van der Waals surface area contributed by atoms with E-state index < -0.39 is 0 Å². The van der Waals surface area contributed by atoms with Gasteiger partial charge in [0.15, 0.2) is 0 Å². The third kappa shape index (κ3) is 7.38. The van der Waals surface area contributed by atoms with E-state index in [9.17, 15) is 0 Å². The van der Waals surface area contributed by atoms with Crippen molar-refractivity contribution in [2.75, 3.05) is 6.61 Å². The fraction of sp³-hybridized carbons (Fsp3) is 0.778. The van der Waals surface area contributed by atoms with Crippen LogP contribution in [0.15, 0.2) is 0 Å². The quantitative estimate of drug-likeness (QED) is 0.620. The first-order valence-electron chi connectivity index (χ1n) is 3.78. The van der Waals surface area contributed by atoms with Crippen molar-refractivity contribution in [2.24, 2.45) is 5.73 Å². The van der Waals surface area contributed by atoms with Gasteiger partial charge in [-0.1, -0.05) is 0 Å². The van der Waals surface area contributed by atoms with E-state index in [4.69, 9.17) is 16.9 Å². The molecule has 0 spiro atoms. The highest BCUT2D eigenvalue weighted by Gasteiger charge is 2.11. The van der Waals surface area contributed by atoms with Crippen LogP contribution in [0.4, 0.5) is 0 Å². The van der Waals surface area contributed by atoms with Crippen LogP contribution < -0.4 is 5.73 Å². The van der Waals surface area contributed by atoms with E-state index in [0.717, 1.165) is 0 Å². The van der Waals surface area contributed by atoms with E-state index in [-0.39, 0.29) is 11.6 Å². The van der Waals surface area contributed by atoms with Crippen molar-refractivity contribution in [1.29, 1.82) is 0 Å². The molecule has 0 aliphatic heterocycles. The first-order chi connectivity index (χ1) is 4.95. The highest BCUT2D eigenvalue weighted by atomic mass is 16.5. The fourth-order valence-corrected chi connectivity index (χ4v) is 0.567. The van der Waals surface area contributed by atoms with E-state index in [0.29, 0.717) is 13.0 Å². The average molecular weight is 155 g/mol. The van der Waals surface area contributed by atoms with Crippen LogP contribution in [0.3, 0.4) is 0 Å². The summed E-state index contributed by atoms with van der Waals surface area (Å²) >= 11 is 0. The Balaban J connectivity index is 3.48. The number of nitrogens with two attached hydrogens (primary N) is 1. The van der Waals surface area contributed by atoms with Gasteiger partial charge in [-0.25, -0.2) is 0 Å². The molecule has 0 aromatic carbocycles. The molecule has 2 heteroatoms. The number of ether oxygens (including phenoxy) is 1. The summed E-state index contributed by atoms with van der Waals surface area (Å²) in [5.74, 6) is 2.50.